The van der Waals surface area contributed by atoms with Gasteiger partial charge >= 0.3 is 0 Å². The Morgan fingerprint density at radius 1 is 1.46 bits per heavy atom. The van der Waals surface area contributed by atoms with Gasteiger partial charge in [0.05, 0.1) is 5.22 Å². The number of hydroxylamine groups is 1. The number of benzene rings is 1. The molecule has 0 bridgehead atoms. The molecular formula is C9H13N3O. The summed E-state index contributed by atoms with van der Waals surface area (Å²) in [5, 5.41) is 14.0. The van der Waals surface area contributed by atoms with E-state index in [0.29, 0.717) is 4.86 Å². The second-order valence-corrected chi connectivity index (χ2v) is 2.69. The number of hydrogen-bond donors (Lipinski definition) is 1. The summed E-state index contributed by atoms with van der Waals surface area (Å²) in [7, 11) is 1.33. The van der Waals surface area contributed by atoms with Crippen molar-refractivity contribution in [2.75, 3.05) is 12.5 Å². The highest BCUT2D eigenvalue weighted by Gasteiger charge is 2.01. The van der Waals surface area contributed by atoms with Gasteiger partial charge in [0.1, 0.15) is 12.7 Å². The van der Waals surface area contributed by atoms with Crippen LogP contribution in [0.5, 0.6) is 0 Å². The first kappa shape index (κ1) is 9.51. The number of nitrogens with one attached hydrogen (secondary N) is 1. The number of anilines is 1. The molecule has 0 heterocycles. The SMILES string of the molecule is CCc1ccccc1N/N=[N+](/C)[O-]. The summed E-state index contributed by atoms with van der Waals surface area (Å²) >= 11 is 0. The van der Waals surface area contributed by atoms with Crippen LogP contribution in [0.15, 0.2) is 29.5 Å². The molecule has 0 aromatic heterocycles. The smallest absolute Gasteiger partial charge is 0.150 e. The van der Waals surface area contributed by atoms with E-state index < -0.39 is 0 Å². The average molecular weight is 179 g/mol. The van der Waals surface area contributed by atoms with Crippen LogP contribution < -0.4 is 5.43 Å². The fourth-order valence-corrected chi connectivity index (χ4v) is 1.06. The van der Waals surface area contributed by atoms with Gasteiger partial charge in [-0.05, 0) is 12.5 Å². The molecular weight excluding hydrogens is 166 g/mol. The van der Waals surface area contributed by atoms with E-state index >= 15 is 0 Å². The molecule has 0 fully saturated rings. The van der Waals surface area contributed by atoms with Crippen LogP contribution >= 0.6 is 0 Å². The van der Waals surface area contributed by atoms with Gasteiger partial charge in [0.15, 0.2) is 0 Å². The summed E-state index contributed by atoms with van der Waals surface area (Å²) in [5.74, 6) is 0. The lowest BCUT2D eigenvalue weighted by molar-refractivity contribution is -0.497. The van der Waals surface area contributed by atoms with Crippen LogP contribution in [0.4, 0.5) is 5.69 Å². The molecule has 0 radical (unpaired) electrons. The number of rotatable bonds is 3. The monoisotopic (exact) mass is 179 g/mol. The van der Waals surface area contributed by atoms with Crippen molar-refractivity contribution < 1.29 is 4.86 Å². The normalized spacial score (nSPS) is 11.4. The standard InChI is InChI=1S/C9H13N3O/c1-3-8-6-4-5-7-9(8)10-11-12(2)13/h4-7,10H,3H2,1-2H3/b12-11-. The highest BCUT2D eigenvalue weighted by molar-refractivity contribution is 5.50. The number of para-hydroxylation sites is 1. The van der Waals surface area contributed by atoms with Crippen molar-refractivity contribution in [2.45, 2.75) is 13.3 Å². The Kier molecular flexibility index (Phi) is 3.25. The highest BCUT2D eigenvalue weighted by atomic mass is 16.5. The van der Waals surface area contributed by atoms with Crippen molar-refractivity contribution >= 4 is 5.69 Å². The summed E-state index contributed by atoms with van der Waals surface area (Å²) in [6.45, 7) is 2.06. The minimum atomic E-state index is 0.492. The zero-order valence-electron chi connectivity index (χ0n) is 7.82. The maximum absolute atomic E-state index is 10.5. The van der Waals surface area contributed by atoms with E-state index in [0.717, 1.165) is 17.7 Å². The zero-order chi connectivity index (χ0) is 9.68. The third kappa shape index (κ3) is 2.74. The minimum absolute atomic E-state index is 0.492. The van der Waals surface area contributed by atoms with Gasteiger partial charge in [0.2, 0.25) is 0 Å². The van der Waals surface area contributed by atoms with Crippen LogP contribution in [0.3, 0.4) is 0 Å². The van der Waals surface area contributed by atoms with Gasteiger partial charge in [-0.2, -0.15) is 4.86 Å². The second kappa shape index (κ2) is 4.45. The van der Waals surface area contributed by atoms with E-state index in [2.05, 4.69) is 17.6 Å². The fourth-order valence-electron chi connectivity index (χ4n) is 1.06. The molecule has 70 valence electrons. The molecule has 0 spiro atoms. The van der Waals surface area contributed by atoms with Crippen LogP contribution in [0.2, 0.25) is 0 Å². The predicted octanol–water partition coefficient (Wildman–Crippen LogP) is 2.17. The van der Waals surface area contributed by atoms with Gasteiger partial charge < -0.3 is 5.21 Å². The molecule has 0 unspecified atom stereocenters. The first-order valence-electron chi connectivity index (χ1n) is 4.19. The maximum atomic E-state index is 10.5. The van der Waals surface area contributed by atoms with E-state index in [1.165, 1.54) is 7.05 Å². The maximum Gasteiger partial charge on any atom is 0.150 e. The molecule has 13 heavy (non-hydrogen) atoms. The molecule has 0 atom stereocenters. The molecule has 0 aliphatic heterocycles. The lowest BCUT2D eigenvalue weighted by Crippen LogP contribution is -1.99. The summed E-state index contributed by atoms with van der Waals surface area (Å²) in [6.07, 6.45) is 0.918. The molecule has 4 nitrogen and oxygen atoms in total. The summed E-state index contributed by atoms with van der Waals surface area (Å²) < 4.78 is 0. The van der Waals surface area contributed by atoms with E-state index in [4.69, 9.17) is 0 Å². The molecule has 1 N–H and O–H groups in total. The van der Waals surface area contributed by atoms with Gasteiger partial charge in [-0.15, -0.1) is 5.43 Å². The quantitative estimate of drug-likeness (QED) is 0.439. The lowest BCUT2D eigenvalue weighted by Gasteiger charge is -2.01. The van der Waals surface area contributed by atoms with Crippen molar-refractivity contribution in [3.63, 3.8) is 0 Å². The largest absolute Gasteiger partial charge is 0.696 e. The van der Waals surface area contributed by atoms with Crippen molar-refractivity contribution in [3.8, 4) is 0 Å². The topological polar surface area (TPSA) is 50.5 Å². The first-order valence-corrected chi connectivity index (χ1v) is 4.19. The van der Waals surface area contributed by atoms with E-state index in [1.807, 2.05) is 24.3 Å². The van der Waals surface area contributed by atoms with Gasteiger partial charge in [-0.1, -0.05) is 25.1 Å². The van der Waals surface area contributed by atoms with Gasteiger partial charge in [0, 0.05) is 5.56 Å². The second-order valence-electron chi connectivity index (χ2n) is 2.69. The molecule has 0 aliphatic rings. The Morgan fingerprint density at radius 3 is 2.77 bits per heavy atom. The van der Waals surface area contributed by atoms with Gasteiger partial charge in [-0.25, -0.2) is 0 Å². The molecule has 1 rings (SSSR count). The Bertz CT molecular complexity index is 305. The third-order valence-corrected chi connectivity index (χ3v) is 1.71. The minimum Gasteiger partial charge on any atom is -0.696 e. The fraction of sp³-hybridized carbons (Fsp3) is 0.333. The summed E-state index contributed by atoms with van der Waals surface area (Å²) in [6, 6.07) is 7.77. The Balaban J connectivity index is 2.81. The van der Waals surface area contributed by atoms with Crippen molar-refractivity contribution in [3.05, 3.63) is 35.0 Å². The van der Waals surface area contributed by atoms with Crippen LogP contribution in [0, 0.1) is 5.21 Å². The van der Waals surface area contributed by atoms with E-state index in [9.17, 15) is 5.21 Å². The lowest BCUT2D eigenvalue weighted by atomic mass is 10.1. The number of hydrogen-bond acceptors (Lipinski definition) is 2. The molecule has 0 saturated heterocycles. The van der Waals surface area contributed by atoms with E-state index in [1.54, 1.807) is 0 Å². The van der Waals surface area contributed by atoms with Crippen LogP contribution in [-0.2, 0) is 6.42 Å². The predicted molar refractivity (Wildman–Crippen MR) is 51.4 cm³/mol. The van der Waals surface area contributed by atoms with Crippen molar-refractivity contribution in [1.29, 1.82) is 0 Å². The number of aryl methyl sites for hydroxylation is 1. The first-order chi connectivity index (χ1) is 6.24. The van der Waals surface area contributed by atoms with Crippen molar-refractivity contribution in [2.24, 2.45) is 5.22 Å². The molecule has 1 aromatic rings. The number of nitrogens with zero attached hydrogens (tertiary/aromatic N) is 2. The van der Waals surface area contributed by atoms with Gasteiger partial charge in [0.25, 0.3) is 0 Å². The third-order valence-electron chi connectivity index (χ3n) is 1.71. The summed E-state index contributed by atoms with van der Waals surface area (Å²) in [4.78, 5) is 0.492. The molecule has 1 aromatic carbocycles. The van der Waals surface area contributed by atoms with Crippen LogP contribution in [0.1, 0.15) is 12.5 Å². The summed E-state index contributed by atoms with van der Waals surface area (Å²) in [5.41, 5.74) is 4.73. The zero-order valence-corrected chi connectivity index (χ0v) is 7.82. The Labute approximate surface area is 77.5 Å². The Hall–Kier alpha value is -1.58. The molecule has 0 aliphatic carbocycles. The average Bonchev–Trinajstić information content (AvgIpc) is 2.15. The molecule has 0 amide bonds. The Morgan fingerprint density at radius 2 is 2.15 bits per heavy atom. The molecule has 4 heteroatoms. The van der Waals surface area contributed by atoms with Crippen LogP contribution in [0.25, 0.3) is 0 Å². The van der Waals surface area contributed by atoms with Crippen molar-refractivity contribution in [1.82, 2.24) is 0 Å². The molecule has 0 saturated carbocycles. The van der Waals surface area contributed by atoms with E-state index in [-0.39, 0.29) is 0 Å². The van der Waals surface area contributed by atoms with Gasteiger partial charge in [-0.3, -0.25) is 0 Å². The van der Waals surface area contributed by atoms with Crippen LogP contribution in [-0.4, -0.2) is 11.9 Å². The highest BCUT2D eigenvalue weighted by Crippen LogP contribution is 2.14.